The van der Waals surface area contributed by atoms with Gasteiger partial charge in [0.25, 0.3) is 0 Å². The van der Waals surface area contributed by atoms with E-state index in [0.29, 0.717) is 12.5 Å². The van der Waals surface area contributed by atoms with E-state index >= 15 is 0 Å². The number of hydrogen-bond acceptors (Lipinski definition) is 3. The van der Waals surface area contributed by atoms with Crippen molar-refractivity contribution in [3.05, 3.63) is 0 Å². The van der Waals surface area contributed by atoms with Crippen LogP contribution in [0, 0.1) is 11.8 Å². The summed E-state index contributed by atoms with van der Waals surface area (Å²) in [5.41, 5.74) is 0. The second kappa shape index (κ2) is 7.25. The molecule has 2 rings (SSSR count). The number of rotatable bonds is 4. The third-order valence-corrected chi connectivity index (χ3v) is 4.81. The Labute approximate surface area is 116 Å². The Morgan fingerprint density at radius 1 is 1.32 bits per heavy atom. The number of aliphatic hydroxyl groups excluding tert-OH is 1. The maximum absolute atomic E-state index is 12.2. The first kappa shape index (κ1) is 14.8. The fourth-order valence-corrected chi connectivity index (χ4v) is 3.35. The second-order valence-electron chi connectivity index (χ2n) is 6.16. The van der Waals surface area contributed by atoms with Gasteiger partial charge in [-0.05, 0) is 38.1 Å². The van der Waals surface area contributed by atoms with Crippen LogP contribution in [-0.4, -0.2) is 36.2 Å². The van der Waals surface area contributed by atoms with E-state index < -0.39 is 0 Å². The minimum Gasteiger partial charge on any atom is -0.393 e. The van der Waals surface area contributed by atoms with Crippen LogP contribution in [0.3, 0.4) is 0 Å². The van der Waals surface area contributed by atoms with Crippen molar-refractivity contribution in [1.82, 2.24) is 10.6 Å². The highest BCUT2D eigenvalue weighted by Gasteiger charge is 2.28. The van der Waals surface area contributed by atoms with Crippen LogP contribution < -0.4 is 10.6 Å². The predicted molar refractivity (Wildman–Crippen MR) is 75.8 cm³/mol. The molecule has 1 saturated heterocycles. The molecule has 3 N–H and O–H groups in total. The summed E-state index contributed by atoms with van der Waals surface area (Å²) in [4.78, 5) is 12.2. The van der Waals surface area contributed by atoms with E-state index in [0.717, 1.165) is 38.6 Å². The van der Waals surface area contributed by atoms with Crippen LogP contribution in [0.15, 0.2) is 0 Å². The van der Waals surface area contributed by atoms with E-state index in [1.807, 2.05) is 0 Å². The molecule has 0 aromatic rings. The first-order valence-electron chi connectivity index (χ1n) is 7.89. The highest BCUT2D eigenvalue weighted by Crippen LogP contribution is 2.24. The standard InChI is InChI=1S/C15H28N2O2/c1-2-11-7-8-16-13(9-11)15(19)17-10-12-5-3-4-6-14(12)18/h11-14,16,18H,2-10H2,1H3,(H,17,19). The molecule has 1 amide bonds. The molecule has 2 aliphatic rings. The topological polar surface area (TPSA) is 61.4 Å². The van der Waals surface area contributed by atoms with Crippen molar-refractivity contribution < 1.29 is 9.90 Å². The molecule has 4 unspecified atom stereocenters. The average molecular weight is 268 g/mol. The lowest BCUT2D eigenvalue weighted by Gasteiger charge is -2.31. The predicted octanol–water partition coefficient (Wildman–Crippen LogP) is 1.43. The van der Waals surface area contributed by atoms with Crippen LogP contribution in [0.4, 0.5) is 0 Å². The van der Waals surface area contributed by atoms with Gasteiger partial charge in [0.2, 0.25) is 5.91 Å². The highest BCUT2D eigenvalue weighted by molar-refractivity contribution is 5.81. The summed E-state index contributed by atoms with van der Waals surface area (Å²) in [6.07, 6.45) is 7.29. The molecule has 1 heterocycles. The van der Waals surface area contributed by atoms with E-state index in [9.17, 15) is 9.90 Å². The molecule has 110 valence electrons. The lowest BCUT2D eigenvalue weighted by molar-refractivity contribution is -0.124. The average Bonchev–Trinajstić information content (AvgIpc) is 2.46. The van der Waals surface area contributed by atoms with Crippen LogP contribution in [0.25, 0.3) is 0 Å². The molecular formula is C15H28N2O2. The fraction of sp³-hybridized carbons (Fsp3) is 0.933. The molecule has 0 aromatic carbocycles. The van der Waals surface area contributed by atoms with Gasteiger partial charge >= 0.3 is 0 Å². The van der Waals surface area contributed by atoms with Crippen LogP contribution >= 0.6 is 0 Å². The number of carbonyl (C=O) groups is 1. The normalized spacial score (nSPS) is 35.9. The highest BCUT2D eigenvalue weighted by atomic mass is 16.3. The summed E-state index contributed by atoms with van der Waals surface area (Å²) >= 11 is 0. The zero-order chi connectivity index (χ0) is 13.7. The first-order chi connectivity index (χ1) is 9.20. The van der Waals surface area contributed by atoms with Gasteiger partial charge in [-0.15, -0.1) is 0 Å². The van der Waals surface area contributed by atoms with Crippen LogP contribution in [-0.2, 0) is 4.79 Å². The van der Waals surface area contributed by atoms with Gasteiger partial charge in [-0.2, -0.15) is 0 Å². The Balaban J connectivity index is 1.74. The molecule has 4 heteroatoms. The Morgan fingerprint density at radius 3 is 2.84 bits per heavy atom. The monoisotopic (exact) mass is 268 g/mol. The number of nitrogens with one attached hydrogen (secondary N) is 2. The summed E-state index contributed by atoms with van der Waals surface area (Å²) in [6, 6.07) is -0.0283. The van der Waals surface area contributed by atoms with Gasteiger partial charge in [-0.1, -0.05) is 26.2 Å². The van der Waals surface area contributed by atoms with E-state index in [-0.39, 0.29) is 24.0 Å². The van der Waals surface area contributed by atoms with E-state index in [4.69, 9.17) is 0 Å². The first-order valence-corrected chi connectivity index (χ1v) is 7.89. The summed E-state index contributed by atoms with van der Waals surface area (Å²) in [5, 5.41) is 16.2. The fourth-order valence-electron chi connectivity index (χ4n) is 3.35. The zero-order valence-corrected chi connectivity index (χ0v) is 12.0. The molecule has 0 aromatic heterocycles. The van der Waals surface area contributed by atoms with Gasteiger partial charge in [0, 0.05) is 12.5 Å². The Kier molecular flexibility index (Phi) is 5.64. The van der Waals surface area contributed by atoms with Gasteiger partial charge < -0.3 is 15.7 Å². The largest absolute Gasteiger partial charge is 0.393 e. The van der Waals surface area contributed by atoms with E-state index in [1.54, 1.807) is 0 Å². The van der Waals surface area contributed by atoms with Crippen molar-refractivity contribution in [1.29, 1.82) is 0 Å². The number of hydrogen-bond donors (Lipinski definition) is 3. The molecule has 0 spiro atoms. The third-order valence-electron chi connectivity index (χ3n) is 4.81. The molecule has 4 atom stereocenters. The van der Waals surface area contributed by atoms with Crippen LogP contribution in [0.1, 0.15) is 51.9 Å². The Hall–Kier alpha value is -0.610. The number of amides is 1. The van der Waals surface area contributed by atoms with Crippen LogP contribution in [0.2, 0.25) is 0 Å². The molecular weight excluding hydrogens is 240 g/mol. The molecule has 1 aliphatic heterocycles. The third kappa shape index (κ3) is 4.18. The number of carbonyl (C=O) groups excluding carboxylic acids is 1. The number of piperidine rings is 1. The summed E-state index contributed by atoms with van der Waals surface area (Å²) in [7, 11) is 0. The molecule has 0 radical (unpaired) electrons. The van der Waals surface area contributed by atoms with Crippen molar-refractivity contribution in [2.45, 2.75) is 64.0 Å². The van der Waals surface area contributed by atoms with Gasteiger partial charge in [0.05, 0.1) is 12.1 Å². The van der Waals surface area contributed by atoms with Gasteiger partial charge in [0.15, 0.2) is 0 Å². The van der Waals surface area contributed by atoms with Gasteiger partial charge in [0.1, 0.15) is 0 Å². The van der Waals surface area contributed by atoms with E-state index in [1.165, 1.54) is 12.8 Å². The van der Waals surface area contributed by atoms with Gasteiger partial charge in [-0.25, -0.2) is 0 Å². The van der Waals surface area contributed by atoms with Crippen molar-refractivity contribution in [3.63, 3.8) is 0 Å². The van der Waals surface area contributed by atoms with Crippen molar-refractivity contribution in [3.8, 4) is 0 Å². The smallest absolute Gasteiger partial charge is 0.237 e. The lowest BCUT2D eigenvalue weighted by Crippen LogP contribution is -2.50. The summed E-state index contributed by atoms with van der Waals surface area (Å²) < 4.78 is 0. The lowest BCUT2D eigenvalue weighted by atomic mass is 9.86. The SMILES string of the molecule is CCC1CCNC(C(=O)NCC2CCCCC2O)C1. The second-order valence-corrected chi connectivity index (χ2v) is 6.16. The quantitative estimate of drug-likeness (QED) is 0.723. The maximum atomic E-state index is 12.2. The Morgan fingerprint density at radius 2 is 2.11 bits per heavy atom. The Bertz CT molecular complexity index is 296. The molecule has 4 nitrogen and oxygen atoms in total. The van der Waals surface area contributed by atoms with Crippen LogP contribution in [0.5, 0.6) is 0 Å². The number of aliphatic hydroxyl groups is 1. The minimum atomic E-state index is -0.225. The minimum absolute atomic E-state index is 0.0283. The van der Waals surface area contributed by atoms with Crippen molar-refractivity contribution in [2.75, 3.05) is 13.1 Å². The molecule has 0 bridgehead atoms. The van der Waals surface area contributed by atoms with Crippen molar-refractivity contribution in [2.24, 2.45) is 11.8 Å². The van der Waals surface area contributed by atoms with Crippen molar-refractivity contribution >= 4 is 5.91 Å². The van der Waals surface area contributed by atoms with Gasteiger partial charge in [-0.3, -0.25) is 4.79 Å². The summed E-state index contributed by atoms with van der Waals surface area (Å²) in [5.74, 6) is 1.05. The molecule has 1 aliphatic carbocycles. The van der Waals surface area contributed by atoms with E-state index in [2.05, 4.69) is 17.6 Å². The molecule has 1 saturated carbocycles. The summed E-state index contributed by atoms with van der Waals surface area (Å²) in [6.45, 7) is 3.78. The molecule has 2 fully saturated rings. The zero-order valence-electron chi connectivity index (χ0n) is 12.0. The maximum Gasteiger partial charge on any atom is 0.237 e. The molecule has 19 heavy (non-hydrogen) atoms.